The van der Waals surface area contributed by atoms with Gasteiger partial charge in [0.15, 0.2) is 0 Å². The summed E-state index contributed by atoms with van der Waals surface area (Å²) < 4.78 is 0. The third-order valence-electron chi connectivity index (χ3n) is 3.69. The highest BCUT2D eigenvalue weighted by molar-refractivity contribution is 5.58. The fourth-order valence-electron chi connectivity index (χ4n) is 2.48. The molecular formula is C13H19N3. The molecule has 2 aliphatic rings. The molecule has 1 heterocycles. The number of benzene rings is 1. The molecule has 0 spiro atoms. The van der Waals surface area contributed by atoms with Crippen molar-refractivity contribution in [1.29, 1.82) is 0 Å². The molecule has 2 fully saturated rings. The molecule has 3 N–H and O–H groups in total. The van der Waals surface area contributed by atoms with Crippen molar-refractivity contribution in [2.45, 2.75) is 18.4 Å². The number of hydrogen-bond acceptors (Lipinski definition) is 3. The van der Waals surface area contributed by atoms with Crippen LogP contribution in [0.15, 0.2) is 24.3 Å². The zero-order valence-electron chi connectivity index (χ0n) is 9.58. The second kappa shape index (κ2) is 3.75. The molecule has 0 aromatic heterocycles. The van der Waals surface area contributed by atoms with E-state index in [1.54, 1.807) is 0 Å². The van der Waals surface area contributed by atoms with Gasteiger partial charge in [0.25, 0.3) is 0 Å². The molecular weight excluding hydrogens is 198 g/mol. The van der Waals surface area contributed by atoms with Gasteiger partial charge in [0.05, 0.1) is 0 Å². The summed E-state index contributed by atoms with van der Waals surface area (Å²) in [6, 6.07) is 8.64. The highest BCUT2D eigenvalue weighted by Gasteiger charge is 2.42. The maximum Gasteiger partial charge on any atom is 0.0431 e. The van der Waals surface area contributed by atoms with Gasteiger partial charge >= 0.3 is 0 Å². The van der Waals surface area contributed by atoms with Gasteiger partial charge in [-0.3, -0.25) is 0 Å². The smallest absolute Gasteiger partial charge is 0.0431 e. The number of piperazine rings is 1. The summed E-state index contributed by atoms with van der Waals surface area (Å²) in [5.74, 6) is 0. The van der Waals surface area contributed by atoms with Crippen LogP contribution in [0.3, 0.4) is 0 Å². The Morgan fingerprint density at radius 1 is 1.12 bits per heavy atom. The predicted molar refractivity (Wildman–Crippen MR) is 66.6 cm³/mol. The largest absolute Gasteiger partial charge is 0.369 e. The predicted octanol–water partition coefficient (Wildman–Crippen LogP) is 1.04. The number of para-hydroxylation sites is 1. The number of nitrogens with zero attached hydrogens (tertiary/aromatic N) is 1. The maximum absolute atomic E-state index is 6.33. The number of hydrogen-bond donors (Lipinski definition) is 2. The van der Waals surface area contributed by atoms with E-state index in [9.17, 15) is 0 Å². The second-order valence-corrected chi connectivity index (χ2v) is 4.91. The van der Waals surface area contributed by atoms with Gasteiger partial charge < -0.3 is 16.0 Å². The molecule has 16 heavy (non-hydrogen) atoms. The standard InChI is InChI=1S/C13H19N3/c14-13(5-6-13)11-3-1-2-4-12(11)16-9-7-15-8-10-16/h1-4,15H,5-10,14H2. The molecule has 1 aromatic carbocycles. The Balaban J connectivity index is 1.93. The third kappa shape index (κ3) is 1.70. The highest BCUT2D eigenvalue weighted by Crippen LogP contribution is 2.46. The van der Waals surface area contributed by atoms with Crippen LogP contribution < -0.4 is 16.0 Å². The fraction of sp³-hybridized carbons (Fsp3) is 0.538. The monoisotopic (exact) mass is 217 g/mol. The molecule has 3 rings (SSSR count). The Bertz CT molecular complexity index is 379. The van der Waals surface area contributed by atoms with Gasteiger partial charge in [-0.05, 0) is 24.5 Å². The van der Waals surface area contributed by atoms with E-state index >= 15 is 0 Å². The van der Waals surface area contributed by atoms with Crippen LogP contribution in [-0.2, 0) is 5.54 Å². The van der Waals surface area contributed by atoms with E-state index in [2.05, 4.69) is 34.5 Å². The zero-order chi connectivity index (χ0) is 11.0. The van der Waals surface area contributed by atoms with E-state index in [0.29, 0.717) is 0 Å². The minimum absolute atomic E-state index is 0.0263. The van der Waals surface area contributed by atoms with E-state index in [0.717, 1.165) is 39.0 Å². The number of nitrogens with one attached hydrogen (secondary N) is 1. The lowest BCUT2D eigenvalue weighted by molar-refractivity contribution is 0.584. The van der Waals surface area contributed by atoms with Crippen molar-refractivity contribution >= 4 is 5.69 Å². The molecule has 1 saturated heterocycles. The van der Waals surface area contributed by atoms with Gasteiger partial charge in [-0.25, -0.2) is 0 Å². The Labute approximate surface area is 96.6 Å². The molecule has 3 heteroatoms. The first-order valence-electron chi connectivity index (χ1n) is 6.14. The summed E-state index contributed by atoms with van der Waals surface area (Å²) in [6.45, 7) is 4.33. The van der Waals surface area contributed by atoms with E-state index in [1.807, 2.05) is 0 Å². The summed E-state index contributed by atoms with van der Waals surface area (Å²) in [6.07, 6.45) is 2.27. The molecule has 1 aromatic rings. The first kappa shape index (κ1) is 10.1. The average molecular weight is 217 g/mol. The van der Waals surface area contributed by atoms with E-state index < -0.39 is 0 Å². The maximum atomic E-state index is 6.33. The molecule has 0 radical (unpaired) electrons. The van der Waals surface area contributed by atoms with Crippen LogP contribution >= 0.6 is 0 Å². The van der Waals surface area contributed by atoms with Crippen molar-refractivity contribution in [1.82, 2.24) is 5.32 Å². The highest BCUT2D eigenvalue weighted by atomic mass is 15.2. The lowest BCUT2D eigenvalue weighted by Crippen LogP contribution is -2.44. The molecule has 86 valence electrons. The molecule has 0 amide bonds. The van der Waals surface area contributed by atoms with Crippen molar-refractivity contribution < 1.29 is 0 Å². The van der Waals surface area contributed by atoms with Crippen molar-refractivity contribution in [2.75, 3.05) is 31.1 Å². The average Bonchev–Trinajstić information content (AvgIpc) is 3.10. The van der Waals surface area contributed by atoms with Crippen molar-refractivity contribution in [3.05, 3.63) is 29.8 Å². The van der Waals surface area contributed by atoms with Crippen LogP contribution in [0.4, 0.5) is 5.69 Å². The normalized spacial score (nSPS) is 23.2. The minimum atomic E-state index is -0.0263. The summed E-state index contributed by atoms with van der Waals surface area (Å²) in [5.41, 5.74) is 9.00. The van der Waals surface area contributed by atoms with Crippen LogP contribution in [0.5, 0.6) is 0 Å². The van der Waals surface area contributed by atoms with E-state index in [-0.39, 0.29) is 5.54 Å². The molecule has 1 saturated carbocycles. The summed E-state index contributed by atoms with van der Waals surface area (Å²) in [7, 11) is 0. The molecule has 0 bridgehead atoms. The van der Waals surface area contributed by atoms with Gasteiger partial charge in [-0.15, -0.1) is 0 Å². The van der Waals surface area contributed by atoms with Crippen molar-refractivity contribution in [2.24, 2.45) is 5.73 Å². The van der Waals surface area contributed by atoms with Gasteiger partial charge in [0.2, 0.25) is 0 Å². The van der Waals surface area contributed by atoms with Crippen LogP contribution in [0.25, 0.3) is 0 Å². The Hall–Kier alpha value is -1.06. The molecule has 1 aliphatic carbocycles. The van der Waals surface area contributed by atoms with E-state index in [4.69, 9.17) is 5.73 Å². The minimum Gasteiger partial charge on any atom is -0.369 e. The van der Waals surface area contributed by atoms with Gasteiger partial charge in [0, 0.05) is 37.4 Å². The van der Waals surface area contributed by atoms with Crippen LogP contribution in [0.2, 0.25) is 0 Å². The quantitative estimate of drug-likeness (QED) is 0.778. The third-order valence-corrected chi connectivity index (χ3v) is 3.69. The number of anilines is 1. The topological polar surface area (TPSA) is 41.3 Å². The number of rotatable bonds is 2. The lowest BCUT2D eigenvalue weighted by Gasteiger charge is -2.32. The number of nitrogens with two attached hydrogens (primary N) is 1. The lowest BCUT2D eigenvalue weighted by atomic mass is 10.0. The first-order valence-corrected chi connectivity index (χ1v) is 6.14. The Morgan fingerprint density at radius 2 is 1.81 bits per heavy atom. The molecule has 3 nitrogen and oxygen atoms in total. The Kier molecular flexibility index (Phi) is 2.37. The molecule has 0 atom stereocenters. The fourth-order valence-corrected chi connectivity index (χ4v) is 2.48. The second-order valence-electron chi connectivity index (χ2n) is 4.91. The van der Waals surface area contributed by atoms with Crippen LogP contribution in [0, 0.1) is 0 Å². The van der Waals surface area contributed by atoms with Gasteiger partial charge in [0.1, 0.15) is 0 Å². The zero-order valence-corrected chi connectivity index (χ0v) is 9.58. The molecule has 1 aliphatic heterocycles. The van der Waals surface area contributed by atoms with Crippen LogP contribution in [-0.4, -0.2) is 26.2 Å². The van der Waals surface area contributed by atoms with Crippen molar-refractivity contribution in [3.63, 3.8) is 0 Å². The summed E-state index contributed by atoms with van der Waals surface area (Å²) >= 11 is 0. The summed E-state index contributed by atoms with van der Waals surface area (Å²) in [4.78, 5) is 2.46. The summed E-state index contributed by atoms with van der Waals surface area (Å²) in [5, 5.41) is 3.39. The van der Waals surface area contributed by atoms with Gasteiger partial charge in [-0.1, -0.05) is 18.2 Å². The van der Waals surface area contributed by atoms with Crippen LogP contribution in [0.1, 0.15) is 18.4 Å². The first-order chi connectivity index (χ1) is 7.80. The van der Waals surface area contributed by atoms with E-state index in [1.165, 1.54) is 11.3 Å². The Morgan fingerprint density at radius 3 is 2.50 bits per heavy atom. The SMILES string of the molecule is NC1(c2ccccc2N2CCNCC2)CC1. The molecule has 0 unspecified atom stereocenters. The van der Waals surface area contributed by atoms with Crippen molar-refractivity contribution in [3.8, 4) is 0 Å². The van der Waals surface area contributed by atoms with Gasteiger partial charge in [-0.2, -0.15) is 0 Å².